The molecule has 1 saturated carbocycles. The summed E-state index contributed by atoms with van der Waals surface area (Å²) in [4.78, 5) is 11.0. The van der Waals surface area contributed by atoms with E-state index < -0.39 is 0 Å². The van der Waals surface area contributed by atoms with Crippen LogP contribution in [-0.4, -0.2) is 6.29 Å². The highest BCUT2D eigenvalue weighted by molar-refractivity contribution is 5.63. The maximum atomic E-state index is 11.0. The Hall–Kier alpha value is -0.850. The monoisotopic (exact) mass is 162 g/mol. The van der Waals surface area contributed by atoms with Gasteiger partial charge in [-0.3, -0.25) is 0 Å². The highest BCUT2D eigenvalue weighted by Gasteiger charge is 2.47. The highest BCUT2D eigenvalue weighted by atomic mass is 16.1. The molecule has 2 aliphatic rings. The van der Waals surface area contributed by atoms with Crippen LogP contribution in [0.15, 0.2) is 24.8 Å². The van der Waals surface area contributed by atoms with Crippen molar-refractivity contribution in [3.63, 3.8) is 0 Å². The van der Waals surface area contributed by atoms with E-state index in [0.29, 0.717) is 11.8 Å². The molecule has 0 aromatic carbocycles. The van der Waals surface area contributed by atoms with Gasteiger partial charge in [0.25, 0.3) is 0 Å². The Morgan fingerprint density at radius 3 is 2.83 bits per heavy atom. The van der Waals surface area contributed by atoms with Gasteiger partial charge in [-0.2, -0.15) is 0 Å². The number of rotatable bonds is 3. The molecule has 2 bridgehead atoms. The SMILES string of the molecule is C=CC[C@@]1(C=O)C[C@H]2C=C[C@@H]1C2. The van der Waals surface area contributed by atoms with Crippen molar-refractivity contribution in [2.75, 3.05) is 0 Å². The Bertz CT molecular complexity index is 241. The Labute approximate surface area is 73.2 Å². The first kappa shape index (κ1) is 7.78. The third-order valence-electron chi connectivity index (χ3n) is 3.31. The lowest BCUT2D eigenvalue weighted by atomic mass is 9.74. The summed E-state index contributed by atoms with van der Waals surface area (Å²) in [5.74, 6) is 1.16. The zero-order valence-electron chi connectivity index (χ0n) is 7.20. The van der Waals surface area contributed by atoms with Crippen molar-refractivity contribution in [2.24, 2.45) is 17.3 Å². The van der Waals surface area contributed by atoms with Gasteiger partial charge in [0.2, 0.25) is 0 Å². The molecular weight excluding hydrogens is 148 g/mol. The lowest BCUT2D eigenvalue weighted by Gasteiger charge is -2.28. The Morgan fingerprint density at radius 2 is 2.42 bits per heavy atom. The van der Waals surface area contributed by atoms with E-state index in [1.54, 1.807) is 0 Å². The zero-order chi connectivity index (χ0) is 8.60. The largest absolute Gasteiger partial charge is 0.303 e. The average molecular weight is 162 g/mol. The Balaban J connectivity index is 2.24. The fraction of sp³-hybridized carbons (Fsp3) is 0.545. The summed E-state index contributed by atoms with van der Waals surface area (Å²) in [6, 6.07) is 0. The first-order valence-corrected chi connectivity index (χ1v) is 4.56. The van der Waals surface area contributed by atoms with E-state index in [4.69, 9.17) is 0 Å². The third kappa shape index (κ3) is 0.889. The van der Waals surface area contributed by atoms with Crippen LogP contribution in [0, 0.1) is 17.3 Å². The van der Waals surface area contributed by atoms with Crippen LogP contribution in [0.3, 0.4) is 0 Å². The molecule has 0 aromatic rings. The van der Waals surface area contributed by atoms with E-state index >= 15 is 0 Å². The van der Waals surface area contributed by atoms with Gasteiger partial charge >= 0.3 is 0 Å². The first-order valence-electron chi connectivity index (χ1n) is 4.56. The van der Waals surface area contributed by atoms with Gasteiger partial charge in [-0.05, 0) is 31.1 Å². The number of hydrogen-bond acceptors (Lipinski definition) is 1. The second kappa shape index (κ2) is 2.58. The topological polar surface area (TPSA) is 17.1 Å². The van der Waals surface area contributed by atoms with Gasteiger partial charge in [-0.25, -0.2) is 0 Å². The Kier molecular flexibility index (Phi) is 1.67. The third-order valence-corrected chi connectivity index (χ3v) is 3.31. The van der Waals surface area contributed by atoms with E-state index in [1.807, 2.05) is 6.08 Å². The van der Waals surface area contributed by atoms with E-state index in [9.17, 15) is 4.79 Å². The molecule has 1 nitrogen and oxygen atoms in total. The molecule has 0 aromatic heterocycles. The van der Waals surface area contributed by atoms with Crippen LogP contribution in [0.5, 0.6) is 0 Å². The van der Waals surface area contributed by atoms with Crippen LogP contribution < -0.4 is 0 Å². The number of fused-ring (bicyclic) bond motifs is 2. The van der Waals surface area contributed by atoms with E-state index in [0.717, 1.165) is 19.1 Å². The average Bonchev–Trinajstić information content (AvgIpc) is 2.64. The van der Waals surface area contributed by atoms with Gasteiger partial charge in [0.15, 0.2) is 0 Å². The fourth-order valence-corrected chi connectivity index (χ4v) is 2.68. The second-order valence-corrected chi connectivity index (χ2v) is 4.04. The number of hydrogen-bond donors (Lipinski definition) is 0. The summed E-state index contributed by atoms with van der Waals surface area (Å²) in [5, 5.41) is 0. The van der Waals surface area contributed by atoms with Crippen LogP contribution in [0.4, 0.5) is 0 Å². The van der Waals surface area contributed by atoms with Crippen LogP contribution >= 0.6 is 0 Å². The van der Waals surface area contributed by atoms with Gasteiger partial charge in [0.05, 0.1) is 0 Å². The molecule has 0 unspecified atom stereocenters. The quantitative estimate of drug-likeness (QED) is 0.460. The number of aldehydes is 1. The van der Waals surface area contributed by atoms with E-state index in [1.165, 1.54) is 6.42 Å². The number of carbonyl (C=O) groups is 1. The lowest BCUT2D eigenvalue weighted by Crippen LogP contribution is -2.26. The maximum absolute atomic E-state index is 11.0. The van der Waals surface area contributed by atoms with Crippen LogP contribution in [0.2, 0.25) is 0 Å². The predicted octanol–water partition coefficient (Wildman–Crippen LogP) is 2.34. The molecule has 3 atom stereocenters. The molecular formula is C11H14O. The molecule has 0 N–H and O–H groups in total. The second-order valence-electron chi connectivity index (χ2n) is 4.04. The van der Waals surface area contributed by atoms with Gasteiger partial charge < -0.3 is 4.79 Å². The highest BCUT2D eigenvalue weighted by Crippen LogP contribution is 2.52. The van der Waals surface area contributed by atoms with Crippen molar-refractivity contribution < 1.29 is 4.79 Å². The van der Waals surface area contributed by atoms with Crippen molar-refractivity contribution in [1.29, 1.82) is 0 Å². The van der Waals surface area contributed by atoms with Crippen molar-refractivity contribution in [2.45, 2.75) is 19.3 Å². The summed E-state index contributed by atoms with van der Waals surface area (Å²) in [7, 11) is 0. The van der Waals surface area contributed by atoms with Crippen LogP contribution in [-0.2, 0) is 4.79 Å². The molecule has 1 heteroatoms. The summed E-state index contributed by atoms with van der Waals surface area (Å²) in [6.45, 7) is 3.72. The van der Waals surface area contributed by atoms with Crippen molar-refractivity contribution in [3.8, 4) is 0 Å². The minimum Gasteiger partial charge on any atom is -0.303 e. The number of carbonyl (C=O) groups excluding carboxylic acids is 1. The van der Waals surface area contributed by atoms with Gasteiger partial charge in [0, 0.05) is 5.41 Å². The molecule has 0 heterocycles. The smallest absolute Gasteiger partial charge is 0.127 e. The van der Waals surface area contributed by atoms with E-state index in [2.05, 4.69) is 18.7 Å². The van der Waals surface area contributed by atoms with Crippen LogP contribution in [0.1, 0.15) is 19.3 Å². The summed E-state index contributed by atoms with van der Waals surface area (Å²) < 4.78 is 0. The van der Waals surface area contributed by atoms with E-state index in [-0.39, 0.29) is 5.41 Å². The molecule has 2 aliphatic carbocycles. The van der Waals surface area contributed by atoms with Gasteiger partial charge in [-0.1, -0.05) is 18.2 Å². The standard InChI is InChI=1S/C11H14O/c1-2-5-11(8-12)7-9-3-4-10(11)6-9/h2-4,8-10H,1,5-7H2/t9-,10+,11-/m0/s1. The molecule has 0 spiro atoms. The normalized spacial score (nSPS) is 43.3. The molecule has 0 saturated heterocycles. The summed E-state index contributed by atoms with van der Waals surface area (Å²) >= 11 is 0. The molecule has 2 rings (SSSR count). The minimum absolute atomic E-state index is 0.0822. The first-order chi connectivity index (χ1) is 5.80. The summed E-state index contributed by atoms with van der Waals surface area (Å²) in [5.41, 5.74) is -0.0822. The molecule has 12 heavy (non-hydrogen) atoms. The number of allylic oxidation sites excluding steroid dienone is 3. The van der Waals surface area contributed by atoms with Gasteiger partial charge in [0.1, 0.15) is 6.29 Å². The lowest BCUT2D eigenvalue weighted by molar-refractivity contribution is -0.117. The van der Waals surface area contributed by atoms with Crippen molar-refractivity contribution in [3.05, 3.63) is 24.8 Å². The fourth-order valence-electron chi connectivity index (χ4n) is 2.68. The molecule has 1 fully saturated rings. The minimum atomic E-state index is -0.0822. The van der Waals surface area contributed by atoms with Crippen molar-refractivity contribution >= 4 is 6.29 Å². The van der Waals surface area contributed by atoms with Crippen LogP contribution in [0.25, 0.3) is 0 Å². The molecule has 0 amide bonds. The Morgan fingerprint density at radius 1 is 1.58 bits per heavy atom. The predicted molar refractivity (Wildman–Crippen MR) is 48.7 cm³/mol. The molecule has 0 radical (unpaired) electrons. The van der Waals surface area contributed by atoms with Crippen molar-refractivity contribution in [1.82, 2.24) is 0 Å². The summed E-state index contributed by atoms with van der Waals surface area (Å²) in [6.07, 6.45) is 10.6. The zero-order valence-corrected chi connectivity index (χ0v) is 7.20. The molecule has 64 valence electrons. The van der Waals surface area contributed by atoms with Gasteiger partial charge in [-0.15, -0.1) is 6.58 Å². The maximum Gasteiger partial charge on any atom is 0.127 e. The molecule has 0 aliphatic heterocycles.